The van der Waals surface area contributed by atoms with Gasteiger partial charge in [0, 0.05) is 11.5 Å². The molecular weight excluding hydrogens is 274 g/mol. The molecule has 1 aliphatic rings. The van der Waals surface area contributed by atoms with E-state index in [1.807, 2.05) is 0 Å². The maximum absolute atomic E-state index is 11.4. The third kappa shape index (κ3) is 3.69. The largest absolute Gasteiger partial charge is 0.490 e. The summed E-state index contributed by atoms with van der Waals surface area (Å²) < 4.78 is 5.80. The van der Waals surface area contributed by atoms with Gasteiger partial charge in [-0.3, -0.25) is 20.3 Å². The molecule has 114 valence electrons. The van der Waals surface area contributed by atoms with Crippen molar-refractivity contribution in [1.29, 1.82) is 0 Å². The number of nitro groups is 1. The zero-order valence-electron chi connectivity index (χ0n) is 11.9. The monoisotopic (exact) mass is 293 g/mol. The second-order valence-electron chi connectivity index (χ2n) is 5.31. The van der Waals surface area contributed by atoms with Crippen molar-refractivity contribution in [2.75, 3.05) is 0 Å². The molecule has 1 fully saturated rings. The minimum Gasteiger partial charge on any atom is -0.490 e. The van der Waals surface area contributed by atoms with Crippen LogP contribution in [0.25, 0.3) is 0 Å². The summed E-state index contributed by atoms with van der Waals surface area (Å²) in [5.41, 5.74) is 2.84. The number of hydrogen-bond acceptors (Lipinski definition) is 5. The summed E-state index contributed by atoms with van der Waals surface area (Å²) in [6, 6.07) is 4.87. The van der Waals surface area contributed by atoms with Gasteiger partial charge in [0.15, 0.2) is 0 Å². The Morgan fingerprint density at radius 3 is 2.62 bits per heavy atom. The highest BCUT2D eigenvalue weighted by Gasteiger charge is 2.27. The molecule has 3 N–H and O–H groups in total. The minimum atomic E-state index is -0.412. The summed E-state index contributed by atoms with van der Waals surface area (Å²) >= 11 is 0. The molecule has 0 radical (unpaired) electrons. The number of nitrogens with two attached hydrogens (primary N) is 1. The van der Waals surface area contributed by atoms with Crippen LogP contribution in [0.3, 0.4) is 0 Å². The van der Waals surface area contributed by atoms with Crippen molar-refractivity contribution in [2.24, 2.45) is 11.8 Å². The minimum absolute atomic E-state index is 0.0193. The molecule has 1 aliphatic carbocycles. The van der Waals surface area contributed by atoms with E-state index in [0.29, 0.717) is 24.2 Å². The first-order chi connectivity index (χ1) is 10.0. The molecule has 1 aromatic carbocycles. The predicted octanol–water partition coefficient (Wildman–Crippen LogP) is 1.83. The zero-order valence-corrected chi connectivity index (χ0v) is 11.9. The molecule has 0 saturated heterocycles. The van der Waals surface area contributed by atoms with Gasteiger partial charge in [-0.1, -0.05) is 0 Å². The third-order valence-electron chi connectivity index (χ3n) is 3.87. The molecule has 0 aliphatic heterocycles. The first-order valence-electron chi connectivity index (χ1n) is 6.93. The van der Waals surface area contributed by atoms with Gasteiger partial charge in [-0.25, -0.2) is 5.84 Å². The van der Waals surface area contributed by atoms with Crippen molar-refractivity contribution in [3.05, 3.63) is 33.9 Å². The third-order valence-corrected chi connectivity index (χ3v) is 3.87. The maximum atomic E-state index is 11.4. The maximum Gasteiger partial charge on any atom is 0.276 e. The Bertz CT molecular complexity index is 539. The van der Waals surface area contributed by atoms with E-state index in [-0.39, 0.29) is 23.6 Å². The topological polar surface area (TPSA) is 107 Å². The quantitative estimate of drug-likeness (QED) is 0.381. The molecule has 0 aromatic heterocycles. The van der Waals surface area contributed by atoms with Gasteiger partial charge in [0.1, 0.15) is 5.75 Å². The van der Waals surface area contributed by atoms with Crippen LogP contribution in [-0.4, -0.2) is 16.9 Å². The lowest BCUT2D eigenvalue weighted by molar-refractivity contribution is -0.385. The SMILES string of the molecule is Cc1ccc(OC2CCC(C(=O)NN)CC2)cc1[N+](=O)[O-]. The highest BCUT2D eigenvalue weighted by Crippen LogP contribution is 2.30. The van der Waals surface area contributed by atoms with E-state index in [2.05, 4.69) is 5.43 Å². The molecule has 1 saturated carbocycles. The zero-order chi connectivity index (χ0) is 15.4. The van der Waals surface area contributed by atoms with Gasteiger partial charge >= 0.3 is 0 Å². The number of carbonyl (C=O) groups excluding carboxylic acids is 1. The molecule has 2 rings (SSSR count). The second kappa shape index (κ2) is 6.53. The summed E-state index contributed by atoms with van der Waals surface area (Å²) in [4.78, 5) is 21.9. The number of hydrogen-bond donors (Lipinski definition) is 2. The van der Waals surface area contributed by atoms with Crippen LogP contribution in [0.5, 0.6) is 5.75 Å². The second-order valence-corrected chi connectivity index (χ2v) is 5.31. The number of aryl methyl sites for hydroxylation is 1. The fourth-order valence-electron chi connectivity index (χ4n) is 2.61. The van der Waals surface area contributed by atoms with Crippen LogP contribution in [0.1, 0.15) is 31.2 Å². The highest BCUT2D eigenvalue weighted by molar-refractivity contribution is 5.78. The molecule has 21 heavy (non-hydrogen) atoms. The van der Waals surface area contributed by atoms with Crippen molar-refractivity contribution in [1.82, 2.24) is 5.43 Å². The molecule has 1 aromatic rings. The number of nitrogens with one attached hydrogen (secondary N) is 1. The molecule has 7 nitrogen and oxygen atoms in total. The standard InChI is InChI=1S/C14H19N3O4/c1-9-2-5-12(8-13(9)17(19)20)21-11-6-3-10(4-7-11)14(18)16-15/h2,5,8,10-11H,3-4,6-7,15H2,1H3,(H,16,18). The Hall–Kier alpha value is -2.15. The van der Waals surface area contributed by atoms with E-state index in [9.17, 15) is 14.9 Å². The first-order valence-corrected chi connectivity index (χ1v) is 6.93. The average molecular weight is 293 g/mol. The van der Waals surface area contributed by atoms with E-state index in [4.69, 9.17) is 10.6 Å². The van der Waals surface area contributed by atoms with Gasteiger partial charge in [0.25, 0.3) is 5.69 Å². The van der Waals surface area contributed by atoms with Gasteiger partial charge in [0.05, 0.1) is 17.1 Å². The van der Waals surface area contributed by atoms with Crippen LogP contribution in [-0.2, 0) is 4.79 Å². The summed E-state index contributed by atoms with van der Waals surface area (Å²) in [6.45, 7) is 1.69. The molecular formula is C14H19N3O4. The number of carbonyl (C=O) groups is 1. The van der Waals surface area contributed by atoms with Gasteiger partial charge in [-0.2, -0.15) is 0 Å². The number of hydrazine groups is 1. The molecule has 7 heteroatoms. The average Bonchev–Trinajstić information content (AvgIpc) is 2.49. The lowest BCUT2D eigenvalue weighted by Gasteiger charge is -2.27. The van der Waals surface area contributed by atoms with E-state index in [1.165, 1.54) is 6.07 Å². The number of nitro benzene ring substituents is 1. The summed E-state index contributed by atoms with van der Waals surface area (Å²) in [5.74, 6) is 5.42. The molecule has 1 amide bonds. The first kappa shape index (κ1) is 15.2. The van der Waals surface area contributed by atoms with E-state index in [0.717, 1.165) is 12.8 Å². The Morgan fingerprint density at radius 1 is 1.38 bits per heavy atom. The molecule has 0 atom stereocenters. The van der Waals surface area contributed by atoms with Crippen molar-refractivity contribution in [2.45, 2.75) is 38.7 Å². The summed E-state index contributed by atoms with van der Waals surface area (Å²) in [6.07, 6.45) is 2.87. The number of rotatable bonds is 4. The van der Waals surface area contributed by atoms with Crippen LogP contribution in [0.2, 0.25) is 0 Å². The molecule has 0 unspecified atom stereocenters. The van der Waals surface area contributed by atoms with Crippen LogP contribution < -0.4 is 16.0 Å². The Balaban J connectivity index is 1.96. The fourth-order valence-corrected chi connectivity index (χ4v) is 2.61. The van der Waals surface area contributed by atoms with Gasteiger partial charge in [-0.15, -0.1) is 0 Å². The van der Waals surface area contributed by atoms with Gasteiger partial charge < -0.3 is 4.74 Å². The molecule has 0 heterocycles. The van der Waals surface area contributed by atoms with E-state index < -0.39 is 4.92 Å². The summed E-state index contributed by atoms with van der Waals surface area (Å²) in [7, 11) is 0. The number of amides is 1. The molecule has 0 spiro atoms. The van der Waals surface area contributed by atoms with Crippen molar-refractivity contribution < 1.29 is 14.5 Å². The fraction of sp³-hybridized carbons (Fsp3) is 0.500. The van der Waals surface area contributed by atoms with Crippen LogP contribution in [0.15, 0.2) is 18.2 Å². The van der Waals surface area contributed by atoms with Crippen molar-refractivity contribution >= 4 is 11.6 Å². The Labute approximate surface area is 122 Å². The van der Waals surface area contributed by atoms with Crippen LogP contribution in [0, 0.1) is 23.0 Å². The number of benzene rings is 1. The number of nitrogens with zero attached hydrogens (tertiary/aromatic N) is 1. The van der Waals surface area contributed by atoms with Gasteiger partial charge in [-0.05, 0) is 44.7 Å². The molecule has 0 bridgehead atoms. The lowest BCUT2D eigenvalue weighted by Crippen LogP contribution is -2.38. The Kier molecular flexibility index (Phi) is 4.74. The lowest BCUT2D eigenvalue weighted by atomic mass is 9.87. The summed E-state index contributed by atoms with van der Waals surface area (Å²) in [5, 5.41) is 10.9. The van der Waals surface area contributed by atoms with Crippen LogP contribution >= 0.6 is 0 Å². The number of ether oxygens (including phenoxy) is 1. The van der Waals surface area contributed by atoms with Gasteiger partial charge in [0.2, 0.25) is 5.91 Å². The highest BCUT2D eigenvalue weighted by atomic mass is 16.6. The van der Waals surface area contributed by atoms with E-state index >= 15 is 0 Å². The normalized spacial score (nSPS) is 21.6. The Morgan fingerprint density at radius 2 is 2.05 bits per heavy atom. The van der Waals surface area contributed by atoms with Crippen molar-refractivity contribution in [3.8, 4) is 5.75 Å². The smallest absolute Gasteiger partial charge is 0.276 e. The van der Waals surface area contributed by atoms with Crippen LogP contribution in [0.4, 0.5) is 5.69 Å². The van der Waals surface area contributed by atoms with E-state index in [1.54, 1.807) is 19.1 Å². The predicted molar refractivity (Wildman–Crippen MR) is 76.5 cm³/mol. The van der Waals surface area contributed by atoms with Crippen molar-refractivity contribution in [3.63, 3.8) is 0 Å².